The molecule has 1 rings (SSSR count). The largest absolute Gasteiger partial charge is 0.0805 e. The molecule has 0 aromatic heterocycles. The molecule has 0 aromatic carbocycles. The van der Waals surface area contributed by atoms with Crippen LogP contribution in [0.5, 0.6) is 0 Å². The standard InChI is InChI=1S/C11H18/c1-9-6-5-7-10(8-9)11(2,3)4/h7-8H,5-6H2,1-4H3. The molecule has 0 amide bonds. The van der Waals surface area contributed by atoms with Gasteiger partial charge >= 0.3 is 0 Å². The number of hydrogen-bond donors (Lipinski definition) is 0. The lowest BCUT2D eigenvalue weighted by atomic mass is 9.82. The van der Waals surface area contributed by atoms with E-state index in [1.807, 2.05) is 0 Å². The fraction of sp³-hybridized carbons (Fsp3) is 0.636. The minimum Gasteiger partial charge on any atom is -0.0805 e. The zero-order valence-corrected chi connectivity index (χ0v) is 8.07. The average molecular weight is 150 g/mol. The Morgan fingerprint density at radius 1 is 1.27 bits per heavy atom. The van der Waals surface area contributed by atoms with Gasteiger partial charge < -0.3 is 0 Å². The molecule has 1 aliphatic rings. The SMILES string of the molecule is CC1=CC(C(C)(C)C)=CCC1. The van der Waals surface area contributed by atoms with Crippen molar-refractivity contribution in [2.75, 3.05) is 0 Å². The van der Waals surface area contributed by atoms with E-state index in [1.165, 1.54) is 24.0 Å². The van der Waals surface area contributed by atoms with E-state index < -0.39 is 0 Å². The van der Waals surface area contributed by atoms with Crippen molar-refractivity contribution in [1.82, 2.24) is 0 Å². The van der Waals surface area contributed by atoms with Crippen molar-refractivity contribution < 1.29 is 0 Å². The van der Waals surface area contributed by atoms with E-state index in [0.29, 0.717) is 5.41 Å². The average Bonchev–Trinajstić information content (AvgIpc) is 1.86. The monoisotopic (exact) mass is 150 g/mol. The number of allylic oxidation sites excluding steroid dienone is 4. The van der Waals surface area contributed by atoms with Gasteiger partial charge in [-0.05, 0) is 30.8 Å². The lowest BCUT2D eigenvalue weighted by molar-refractivity contribution is 0.511. The second kappa shape index (κ2) is 2.84. The highest BCUT2D eigenvalue weighted by Gasteiger charge is 2.16. The van der Waals surface area contributed by atoms with Gasteiger partial charge in [-0.1, -0.05) is 38.5 Å². The van der Waals surface area contributed by atoms with Crippen LogP contribution in [0.25, 0.3) is 0 Å². The molecule has 0 nitrogen and oxygen atoms in total. The first-order valence-electron chi connectivity index (χ1n) is 4.38. The molecule has 62 valence electrons. The van der Waals surface area contributed by atoms with Crippen molar-refractivity contribution in [3.8, 4) is 0 Å². The van der Waals surface area contributed by atoms with Crippen LogP contribution in [0.4, 0.5) is 0 Å². The zero-order valence-electron chi connectivity index (χ0n) is 8.07. The van der Waals surface area contributed by atoms with Crippen LogP contribution in [0.3, 0.4) is 0 Å². The molecular formula is C11H18. The molecule has 0 heterocycles. The Kier molecular flexibility index (Phi) is 2.22. The fourth-order valence-corrected chi connectivity index (χ4v) is 1.37. The second-order valence-corrected chi connectivity index (χ2v) is 4.44. The summed E-state index contributed by atoms with van der Waals surface area (Å²) < 4.78 is 0. The molecule has 0 aromatic rings. The van der Waals surface area contributed by atoms with Crippen molar-refractivity contribution in [3.63, 3.8) is 0 Å². The maximum atomic E-state index is 2.37. The topological polar surface area (TPSA) is 0 Å². The van der Waals surface area contributed by atoms with Crippen LogP contribution in [0.2, 0.25) is 0 Å². The lowest BCUT2D eigenvalue weighted by Crippen LogP contribution is -2.09. The summed E-state index contributed by atoms with van der Waals surface area (Å²) >= 11 is 0. The molecule has 0 saturated carbocycles. The molecule has 0 N–H and O–H groups in total. The van der Waals surface area contributed by atoms with E-state index in [0.717, 1.165) is 0 Å². The van der Waals surface area contributed by atoms with Gasteiger partial charge in [0.2, 0.25) is 0 Å². The van der Waals surface area contributed by atoms with Crippen LogP contribution in [-0.4, -0.2) is 0 Å². The predicted octanol–water partition coefficient (Wildman–Crippen LogP) is 3.70. The zero-order chi connectivity index (χ0) is 8.48. The molecule has 0 saturated heterocycles. The normalized spacial score (nSPS) is 19.3. The number of rotatable bonds is 0. The van der Waals surface area contributed by atoms with Crippen LogP contribution >= 0.6 is 0 Å². The first kappa shape index (κ1) is 8.58. The predicted molar refractivity (Wildman–Crippen MR) is 50.5 cm³/mol. The van der Waals surface area contributed by atoms with E-state index in [4.69, 9.17) is 0 Å². The third kappa shape index (κ3) is 2.21. The molecule has 0 aliphatic heterocycles. The van der Waals surface area contributed by atoms with Crippen molar-refractivity contribution in [2.24, 2.45) is 5.41 Å². The smallest absolute Gasteiger partial charge is 0.0135 e. The molecule has 0 bridgehead atoms. The Balaban J connectivity index is 2.82. The Morgan fingerprint density at radius 2 is 1.91 bits per heavy atom. The summed E-state index contributed by atoms with van der Waals surface area (Å²) in [6, 6.07) is 0. The van der Waals surface area contributed by atoms with E-state index in [1.54, 1.807) is 0 Å². The third-order valence-electron chi connectivity index (χ3n) is 2.17. The van der Waals surface area contributed by atoms with E-state index in [-0.39, 0.29) is 0 Å². The Labute approximate surface area is 70.0 Å². The van der Waals surface area contributed by atoms with Crippen LogP contribution in [0, 0.1) is 5.41 Å². The van der Waals surface area contributed by atoms with Crippen molar-refractivity contribution in [2.45, 2.75) is 40.5 Å². The maximum Gasteiger partial charge on any atom is -0.0135 e. The summed E-state index contributed by atoms with van der Waals surface area (Å²) in [4.78, 5) is 0. The first-order valence-corrected chi connectivity index (χ1v) is 4.38. The summed E-state index contributed by atoms with van der Waals surface area (Å²) in [5.41, 5.74) is 3.36. The van der Waals surface area contributed by atoms with Gasteiger partial charge in [0.25, 0.3) is 0 Å². The van der Waals surface area contributed by atoms with Crippen molar-refractivity contribution in [1.29, 1.82) is 0 Å². The van der Waals surface area contributed by atoms with E-state index in [9.17, 15) is 0 Å². The highest BCUT2D eigenvalue weighted by atomic mass is 14.2. The quantitative estimate of drug-likeness (QED) is 0.494. The molecule has 11 heavy (non-hydrogen) atoms. The van der Waals surface area contributed by atoms with Gasteiger partial charge in [0.05, 0.1) is 0 Å². The molecule has 1 aliphatic carbocycles. The third-order valence-corrected chi connectivity index (χ3v) is 2.17. The Bertz CT molecular complexity index is 199. The van der Waals surface area contributed by atoms with Gasteiger partial charge in [0.1, 0.15) is 0 Å². The minimum atomic E-state index is 0.335. The second-order valence-electron chi connectivity index (χ2n) is 4.44. The summed E-state index contributed by atoms with van der Waals surface area (Å²) in [6.45, 7) is 9.04. The van der Waals surface area contributed by atoms with E-state index in [2.05, 4.69) is 39.8 Å². The summed E-state index contributed by atoms with van der Waals surface area (Å²) in [5, 5.41) is 0. The van der Waals surface area contributed by atoms with Crippen LogP contribution < -0.4 is 0 Å². The lowest BCUT2D eigenvalue weighted by Gasteiger charge is -2.23. The summed E-state index contributed by atoms with van der Waals surface area (Å²) in [5.74, 6) is 0. The molecule has 0 heteroatoms. The summed E-state index contributed by atoms with van der Waals surface area (Å²) in [6.07, 6.45) is 7.19. The van der Waals surface area contributed by atoms with Gasteiger partial charge in [-0.3, -0.25) is 0 Å². The van der Waals surface area contributed by atoms with Gasteiger partial charge in [0, 0.05) is 0 Å². The van der Waals surface area contributed by atoms with Crippen LogP contribution in [0.1, 0.15) is 40.5 Å². The van der Waals surface area contributed by atoms with E-state index >= 15 is 0 Å². The molecule has 0 unspecified atom stereocenters. The van der Waals surface area contributed by atoms with Crippen LogP contribution in [-0.2, 0) is 0 Å². The highest BCUT2D eigenvalue weighted by molar-refractivity contribution is 5.30. The molecule has 0 spiro atoms. The maximum absolute atomic E-state index is 2.37. The molecule has 0 fully saturated rings. The molecular weight excluding hydrogens is 132 g/mol. The molecule has 0 radical (unpaired) electrons. The van der Waals surface area contributed by atoms with Crippen LogP contribution in [0.15, 0.2) is 23.3 Å². The Hall–Kier alpha value is -0.520. The number of hydrogen-bond acceptors (Lipinski definition) is 0. The van der Waals surface area contributed by atoms with Crippen molar-refractivity contribution in [3.05, 3.63) is 23.3 Å². The summed E-state index contributed by atoms with van der Waals surface area (Å²) in [7, 11) is 0. The van der Waals surface area contributed by atoms with Gasteiger partial charge in [-0.25, -0.2) is 0 Å². The van der Waals surface area contributed by atoms with Crippen molar-refractivity contribution >= 4 is 0 Å². The van der Waals surface area contributed by atoms with Gasteiger partial charge in [-0.15, -0.1) is 0 Å². The minimum absolute atomic E-state index is 0.335. The highest BCUT2D eigenvalue weighted by Crippen LogP contribution is 2.31. The fourth-order valence-electron chi connectivity index (χ4n) is 1.37. The van der Waals surface area contributed by atoms with Gasteiger partial charge in [0.15, 0.2) is 0 Å². The van der Waals surface area contributed by atoms with Gasteiger partial charge in [-0.2, -0.15) is 0 Å². The molecule has 0 atom stereocenters. The first-order chi connectivity index (χ1) is 5.00. The Morgan fingerprint density at radius 3 is 2.27 bits per heavy atom.